The number of halogens is 1. The van der Waals surface area contributed by atoms with E-state index in [0.29, 0.717) is 24.8 Å². The highest BCUT2D eigenvalue weighted by atomic mass is 19.1. The molecular weight excluding hydrogens is 389 g/mol. The number of hydrogen-bond acceptors (Lipinski definition) is 5. The maximum absolute atomic E-state index is 13.2. The zero-order chi connectivity index (χ0) is 21.3. The fourth-order valence-corrected chi connectivity index (χ4v) is 4.24. The Morgan fingerprint density at radius 2 is 1.93 bits per heavy atom. The summed E-state index contributed by atoms with van der Waals surface area (Å²) in [5.74, 6) is -1.15. The first-order chi connectivity index (χ1) is 14.4. The monoisotopic (exact) mass is 411 g/mol. The van der Waals surface area contributed by atoms with E-state index in [1.54, 1.807) is 12.1 Å². The third-order valence-corrected chi connectivity index (χ3v) is 5.55. The van der Waals surface area contributed by atoms with Gasteiger partial charge in [-0.1, -0.05) is 36.4 Å². The van der Waals surface area contributed by atoms with Crippen LogP contribution in [0.25, 0.3) is 0 Å². The molecule has 1 aliphatic heterocycles. The average molecular weight is 411 g/mol. The molecule has 0 spiro atoms. The Kier molecular flexibility index (Phi) is 5.53. The number of carbonyl (C=O) groups excluding carboxylic acids is 3. The van der Waals surface area contributed by atoms with E-state index in [2.05, 4.69) is 0 Å². The van der Waals surface area contributed by atoms with Crippen LogP contribution in [-0.2, 0) is 25.5 Å². The summed E-state index contributed by atoms with van der Waals surface area (Å²) in [6, 6.07) is 13.1. The maximum Gasteiger partial charge on any atom is 0.417 e. The highest BCUT2D eigenvalue weighted by Crippen LogP contribution is 2.43. The Morgan fingerprint density at radius 1 is 1.20 bits per heavy atom. The molecule has 1 saturated heterocycles. The molecule has 2 aliphatic rings. The first-order valence-corrected chi connectivity index (χ1v) is 9.97. The minimum absolute atomic E-state index is 0.111. The highest BCUT2D eigenvalue weighted by Gasteiger charge is 2.49. The fraction of sp³-hybridized carbons (Fsp3) is 0.348. The Labute approximate surface area is 173 Å². The van der Waals surface area contributed by atoms with E-state index in [1.165, 1.54) is 24.0 Å². The first-order valence-electron chi connectivity index (χ1n) is 9.97. The first kappa shape index (κ1) is 20.1. The van der Waals surface area contributed by atoms with Gasteiger partial charge in [0.15, 0.2) is 0 Å². The molecule has 2 aromatic rings. The predicted octanol–water partition coefficient (Wildman–Crippen LogP) is 4.25. The van der Waals surface area contributed by atoms with Gasteiger partial charge in [-0.05, 0) is 41.7 Å². The van der Waals surface area contributed by atoms with Gasteiger partial charge in [0.1, 0.15) is 24.1 Å². The quantitative estimate of drug-likeness (QED) is 0.665. The van der Waals surface area contributed by atoms with Crippen LogP contribution in [0.4, 0.5) is 9.18 Å². The minimum Gasteiger partial charge on any atom is -0.458 e. The second-order valence-corrected chi connectivity index (χ2v) is 7.58. The number of imide groups is 1. The SMILES string of the molecule is CC(=O)O[C@@H](CCCC(=O)N1C(=O)OC2Cc3ccccc3C21)c1ccc(F)cc1. The van der Waals surface area contributed by atoms with Crippen LogP contribution in [0.15, 0.2) is 48.5 Å². The normalized spacial score (nSPS) is 20.3. The second kappa shape index (κ2) is 8.26. The summed E-state index contributed by atoms with van der Waals surface area (Å²) in [5, 5.41) is 0. The van der Waals surface area contributed by atoms with Gasteiger partial charge in [0, 0.05) is 19.8 Å². The number of carbonyl (C=O) groups is 3. The number of rotatable bonds is 6. The molecule has 0 aromatic heterocycles. The van der Waals surface area contributed by atoms with Crippen LogP contribution in [0.5, 0.6) is 0 Å². The van der Waals surface area contributed by atoms with Crippen LogP contribution >= 0.6 is 0 Å². The summed E-state index contributed by atoms with van der Waals surface area (Å²) in [5.41, 5.74) is 2.69. The van der Waals surface area contributed by atoms with Crippen molar-refractivity contribution in [3.05, 3.63) is 71.0 Å². The zero-order valence-corrected chi connectivity index (χ0v) is 16.5. The predicted molar refractivity (Wildman–Crippen MR) is 105 cm³/mol. The van der Waals surface area contributed by atoms with Crippen molar-refractivity contribution < 1.29 is 28.2 Å². The molecule has 2 unspecified atom stereocenters. The van der Waals surface area contributed by atoms with Crippen molar-refractivity contribution in [3.8, 4) is 0 Å². The van der Waals surface area contributed by atoms with Gasteiger partial charge in [-0.15, -0.1) is 0 Å². The number of fused-ring (bicyclic) bond motifs is 3. The van der Waals surface area contributed by atoms with Crippen molar-refractivity contribution in [1.82, 2.24) is 4.90 Å². The van der Waals surface area contributed by atoms with E-state index in [9.17, 15) is 18.8 Å². The van der Waals surface area contributed by atoms with Crippen molar-refractivity contribution in [3.63, 3.8) is 0 Å². The third-order valence-electron chi connectivity index (χ3n) is 5.55. The van der Waals surface area contributed by atoms with Crippen molar-refractivity contribution in [1.29, 1.82) is 0 Å². The van der Waals surface area contributed by atoms with E-state index in [0.717, 1.165) is 11.1 Å². The number of esters is 1. The highest BCUT2D eigenvalue weighted by molar-refractivity contribution is 5.94. The molecular formula is C23H22FNO5. The van der Waals surface area contributed by atoms with Crippen molar-refractivity contribution in [2.24, 2.45) is 0 Å². The lowest BCUT2D eigenvalue weighted by Crippen LogP contribution is -2.34. The molecule has 1 fully saturated rings. The molecule has 0 saturated carbocycles. The van der Waals surface area contributed by atoms with E-state index in [1.807, 2.05) is 24.3 Å². The number of benzene rings is 2. The maximum atomic E-state index is 13.2. The van der Waals surface area contributed by atoms with Crippen LogP contribution in [-0.4, -0.2) is 29.0 Å². The molecule has 3 atom stereocenters. The molecule has 30 heavy (non-hydrogen) atoms. The zero-order valence-electron chi connectivity index (χ0n) is 16.5. The van der Waals surface area contributed by atoms with Crippen molar-refractivity contribution in [2.45, 2.75) is 50.9 Å². The molecule has 0 bridgehead atoms. The molecule has 4 rings (SSSR count). The van der Waals surface area contributed by atoms with E-state index < -0.39 is 18.2 Å². The second-order valence-electron chi connectivity index (χ2n) is 7.58. The third kappa shape index (κ3) is 3.92. The largest absolute Gasteiger partial charge is 0.458 e. The molecule has 156 valence electrons. The Balaban J connectivity index is 1.41. The topological polar surface area (TPSA) is 72.9 Å². The summed E-state index contributed by atoms with van der Waals surface area (Å²) in [6.45, 7) is 1.31. The average Bonchev–Trinajstić information content (AvgIpc) is 3.21. The number of nitrogens with zero attached hydrogens (tertiary/aromatic N) is 1. The molecule has 1 aliphatic carbocycles. The summed E-state index contributed by atoms with van der Waals surface area (Å²) in [6.07, 6.45) is -0.0380. The summed E-state index contributed by atoms with van der Waals surface area (Å²) < 4.78 is 24.0. The fourth-order valence-electron chi connectivity index (χ4n) is 4.24. The van der Waals surface area contributed by atoms with Gasteiger partial charge in [0.25, 0.3) is 0 Å². The van der Waals surface area contributed by atoms with E-state index >= 15 is 0 Å². The molecule has 0 radical (unpaired) electrons. The van der Waals surface area contributed by atoms with Gasteiger partial charge in [-0.3, -0.25) is 9.59 Å². The van der Waals surface area contributed by atoms with Gasteiger partial charge < -0.3 is 9.47 Å². The van der Waals surface area contributed by atoms with Crippen LogP contribution in [0.1, 0.15) is 55.0 Å². The van der Waals surface area contributed by atoms with Gasteiger partial charge in [0.2, 0.25) is 5.91 Å². The summed E-state index contributed by atoms with van der Waals surface area (Å²) in [4.78, 5) is 37.8. The molecule has 2 aromatic carbocycles. The standard InChI is InChI=1S/C23H22FNO5/c1-14(26)29-19(15-9-11-17(24)12-10-15)7-4-8-21(27)25-22-18-6-3-2-5-16(18)13-20(22)30-23(25)28/h2-3,5-6,9-12,19-20,22H,4,7-8,13H2,1H3/t19-,20?,22?/m0/s1. The molecule has 1 heterocycles. The van der Waals surface area contributed by atoms with E-state index in [4.69, 9.17) is 9.47 Å². The van der Waals surface area contributed by atoms with E-state index in [-0.39, 0.29) is 30.3 Å². The molecule has 2 amide bonds. The smallest absolute Gasteiger partial charge is 0.417 e. The lowest BCUT2D eigenvalue weighted by atomic mass is 10.0. The van der Waals surface area contributed by atoms with Gasteiger partial charge >= 0.3 is 12.1 Å². The molecule has 7 heteroatoms. The Bertz CT molecular complexity index is 974. The van der Waals surface area contributed by atoms with Crippen LogP contribution in [0, 0.1) is 5.82 Å². The van der Waals surface area contributed by atoms with Gasteiger partial charge in [-0.25, -0.2) is 14.1 Å². The number of amides is 2. The lowest BCUT2D eigenvalue weighted by molar-refractivity contribution is -0.147. The van der Waals surface area contributed by atoms with Crippen molar-refractivity contribution in [2.75, 3.05) is 0 Å². The van der Waals surface area contributed by atoms with Gasteiger partial charge in [-0.2, -0.15) is 0 Å². The summed E-state index contributed by atoms with van der Waals surface area (Å²) >= 11 is 0. The summed E-state index contributed by atoms with van der Waals surface area (Å²) in [7, 11) is 0. The molecule has 6 nitrogen and oxygen atoms in total. The number of ether oxygens (including phenoxy) is 2. The van der Waals surface area contributed by atoms with Crippen molar-refractivity contribution >= 4 is 18.0 Å². The molecule has 0 N–H and O–H groups in total. The number of hydrogen-bond donors (Lipinski definition) is 0. The van der Waals surface area contributed by atoms with Gasteiger partial charge in [0.05, 0.1) is 0 Å². The van der Waals surface area contributed by atoms with Crippen LogP contribution in [0.3, 0.4) is 0 Å². The Hall–Kier alpha value is -3.22. The minimum atomic E-state index is -0.612. The van der Waals surface area contributed by atoms with Crippen LogP contribution in [0.2, 0.25) is 0 Å². The lowest BCUT2D eigenvalue weighted by Gasteiger charge is -2.21. The Morgan fingerprint density at radius 3 is 2.67 bits per heavy atom. The van der Waals surface area contributed by atoms with Crippen LogP contribution < -0.4 is 0 Å².